The van der Waals surface area contributed by atoms with Crippen LogP contribution in [-0.4, -0.2) is 22.2 Å². The van der Waals surface area contributed by atoms with Crippen LogP contribution in [0, 0.1) is 0 Å². The highest BCUT2D eigenvalue weighted by Crippen LogP contribution is 2.19. The van der Waals surface area contributed by atoms with Gasteiger partial charge < -0.3 is 10.2 Å². The molecule has 22 heavy (non-hydrogen) atoms. The Morgan fingerprint density at radius 1 is 0.818 bits per heavy atom. The molecule has 0 radical (unpaired) electrons. The lowest BCUT2D eigenvalue weighted by Gasteiger charge is -2.11. The lowest BCUT2D eigenvalue weighted by molar-refractivity contribution is -0.137. The third kappa shape index (κ3) is 4.19. The zero-order valence-electron chi connectivity index (χ0n) is 12.2. The highest BCUT2D eigenvalue weighted by molar-refractivity contribution is 5.89. The summed E-state index contributed by atoms with van der Waals surface area (Å²) in [6, 6.07) is 14.7. The van der Waals surface area contributed by atoms with Gasteiger partial charge in [0.05, 0.1) is 5.56 Å². The molecule has 114 valence electrons. The van der Waals surface area contributed by atoms with Crippen LogP contribution in [0.25, 0.3) is 0 Å². The number of carbonyl (C=O) groups is 2. The van der Waals surface area contributed by atoms with Crippen molar-refractivity contribution in [3.63, 3.8) is 0 Å². The Bertz CT molecular complexity index is 676. The first-order valence-electron chi connectivity index (χ1n) is 7.17. The van der Waals surface area contributed by atoms with Gasteiger partial charge in [-0.05, 0) is 42.0 Å². The SMILES string of the molecule is O=C(O)CCCc1ccccc1Cc1ccccc1C(=O)O. The van der Waals surface area contributed by atoms with Gasteiger partial charge in [-0.1, -0.05) is 42.5 Å². The van der Waals surface area contributed by atoms with Gasteiger partial charge in [0.1, 0.15) is 0 Å². The van der Waals surface area contributed by atoms with E-state index in [0.29, 0.717) is 24.8 Å². The summed E-state index contributed by atoms with van der Waals surface area (Å²) in [5, 5.41) is 18.0. The number of aromatic carboxylic acids is 1. The molecule has 0 saturated carbocycles. The summed E-state index contributed by atoms with van der Waals surface area (Å²) in [7, 11) is 0. The van der Waals surface area contributed by atoms with Crippen LogP contribution >= 0.6 is 0 Å². The van der Waals surface area contributed by atoms with E-state index < -0.39 is 11.9 Å². The second-order valence-corrected chi connectivity index (χ2v) is 5.16. The number of hydrogen-bond acceptors (Lipinski definition) is 2. The Morgan fingerprint density at radius 2 is 1.41 bits per heavy atom. The molecule has 0 heterocycles. The lowest BCUT2D eigenvalue weighted by atomic mass is 9.94. The fourth-order valence-corrected chi connectivity index (χ4v) is 2.49. The number of carboxylic acids is 2. The predicted octanol–water partition coefficient (Wildman–Crippen LogP) is 3.38. The Balaban J connectivity index is 2.19. The molecule has 2 N–H and O–H groups in total. The second-order valence-electron chi connectivity index (χ2n) is 5.16. The van der Waals surface area contributed by atoms with Crippen molar-refractivity contribution in [1.29, 1.82) is 0 Å². The first-order chi connectivity index (χ1) is 10.6. The monoisotopic (exact) mass is 298 g/mol. The minimum Gasteiger partial charge on any atom is -0.481 e. The molecule has 2 aromatic carbocycles. The normalized spacial score (nSPS) is 10.4. The van der Waals surface area contributed by atoms with Gasteiger partial charge in [-0.25, -0.2) is 4.79 Å². The second kappa shape index (κ2) is 7.41. The highest BCUT2D eigenvalue weighted by Gasteiger charge is 2.11. The molecule has 0 unspecified atom stereocenters. The third-order valence-corrected chi connectivity index (χ3v) is 3.58. The van der Waals surface area contributed by atoms with Crippen molar-refractivity contribution in [1.82, 2.24) is 0 Å². The predicted molar refractivity (Wildman–Crippen MR) is 83.2 cm³/mol. The third-order valence-electron chi connectivity index (χ3n) is 3.58. The van der Waals surface area contributed by atoms with Crippen LogP contribution in [0.1, 0.15) is 39.9 Å². The van der Waals surface area contributed by atoms with Crippen LogP contribution in [0.3, 0.4) is 0 Å². The van der Waals surface area contributed by atoms with Crippen LogP contribution in [-0.2, 0) is 17.6 Å². The van der Waals surface area contributed by atoms with Gasteiger partial charge in [0.25, 0.3) is 0 Å². The lowest BCUT2D eigenvalue weighted by Crippen LogP contribution is -2.04. The molecule has 0 bridgehead atoms. The number of rotatable bonds is 7. The van der Waals surface area contributed by atoms with E-state index in [4.69, 9.17) is 5.11 Å². The molecule has 0 atom stereocenters. The maximum absolute atomic E-state index is 11.3. The van der Waals surface area contributed by atoms with Crippen LogP contribution in [0.5, 0.6) is 0 Å². The fraction of sp³-hybridized carbons (Fsp3) is 0.222. The number of aryl methyl sites for hydroxylation is 1. The van der Waals surface area contributed by atoms with Crippen molar-refractivity contribution < 1.29 is 19.8 Å². The average Bonchev–Trinajstić information content (AvgIpc) is 2.49. The van der Waals surface area contributed by atoms with E-state index >= 15 is 0 Å². The molecular weight excluding hydrogens is 280 g/mol. The summed E-state index contributed by atoms with van der Waals surface area (Å²) in [5.41, 5.74) is 3.19. The number of carboxylic acid groups (broad SMARTS) is 2. The number of aliphatic carboxylic acids is 1. The van der Waals surface area contributed by atoms with Crippen LogP contribution in [0.4, 0.5) is 0 Å². The molecule has 0 aromatic heterocycles. The minimum absolute atomic E-state index is 0.139. The average molecular weight is 298 g/mol. The Morgan fingerprint density at radius 3 is 2.05 bits per heavy atom. The summed E-state index contributed by atoms with van der Waals surface area (Å²) in [6.07, 6.45) is 1.93. The number of benzene rings is 2. The highest BCUT2D eigenvalue weighted by atomic mass is 16.4. The van der Waals surface area contributed by atoms with E-state index in [0.717, 1.165) is 16.7 Å². The summed E-state index contributed by atoms with van der Waals surface area (Å²) < 4.78 is 0. The van der Waals surface area contributed by atoms with Gasteiger partial charge in [-0.15, -0.1) is 0 Å². The molecule has 4 heteroatoms. The van der Waals surface area contributed by atoms with Gasteiger partial charge in [0, 0.05) is 6.42 Å². The van der Waals surface area contributed by atoms with Crippen LogP contribution in [0.2, 0.25) is 0 Å². The molecule has 0 fully saturated rings. The van der Waals surface area contributed by atoms with Gasteiger partial charge in [-0.3, -0.25) is 4.79 Å². The molecule has 0 spiro atoms. The van der Waals surface area contributed by atoms with E-state index in [1.165, 1.54) is 0 Å². The first-order valence-corrected chi connectivity index (χ1v) is 7.17. The Kier molecular flexibility index (Phi) is 5.31. The summed E-state index contributed by atoms with van der Waals surface area (Å²) in [4.78, 5) is 21.9. The van der Waals surface area contributed by atoms with E-state index in [1.54, 1.807) is 12.1 Å². The van der Waals surface area contributed by atoms with Crippen molar-refractivity contribution >= 4 is 11.9 Å². The van der Waals surface area contributed by atoms with Gasteiger partial charge in [0.2, 0.25) is 0 Å². The topological polar surface area (TPSA) is 74.6 Å². The summed E-state index contributed by atoms with van der Waals surface area (Å²) in [6.45, 7) is 0. The maximum Gasteiger partial charge on any atom is 0.335 e. The van der Waals surface area contributed by atoms with Crippen LogP contribution < -0.4 is 0 Å². The van der Waals surface area contributed by atoms with Gasteiger partial charge >= 0.3 is 11.9 Å². The molecule has 2 aromatic rings. The van der Waals surface area contributed by atoms with Crippen molar-refractivity contribution in [2.75, 3.05) is 0 Å². The quantitative estimate of drug-likeness (QED) is 0.821. The van der Waals surface area contributed by atoms with E-state index in [-0.39, 0.29) is 6.42 Å². The molecule has 4 nitrogen and oxygen atoms in total. The van der Waals surface area contributed by atoms with Crippen molar-refractivity contribution in [2.45, 2.75) is 25.7 Å². The fourth-order valence-electron chi connectivity index (χ4n) is 2.49. The zero-order chi connectivity index (χ0) is 15.9. The van der Waals surface area contributed by atoms with E-state index in [1.807, 2.05) is 36.4 Å². The van der Waals surface area contributed by atoms with Crippen LogP contribution in [0.15, 0.2) is 48.5 Å². The standard InChI is InChI=1S/C18H18O4/c19-17(20)11-5-9-13-6-1-2-7-14(13)12-15-8-3-4-10-16(15)18(21)22/h1-4,6-8,10H,5,9,11-12H2,(H,19,20)(H,21,22). The summed E-state index contributed by atoms with van der Waals surface area (Å²) in [5.74, 6) is -1.73. The van der Waals surface area contributed by atoms with Crippen molar-refractivity contribution in [3.8, 4) is 0 Å². The molecule has 2 rings (SSSR count). The number of hydrogen-bond donors (Lipinski definition) is 2. The summed E-state index contributed by atoms with van der Waals surface area (Å²) >= 11 is 0. The van der Waals surface area contributed by atoms with Gasteiger partial charge in [-0.2, -0.15) is 0 Å². The first kappa shape index (κ1) is 15.8. The minimum atomic E-state index is -0.932. The largest absolute Gasteiger partial charge is 0.481 e. The molecule has 0 aliphatic rings. The smallest absolute Gasteiger partial charge is 0.335 e. The Labute approximate surface area is 129 Å². The van der Waals surface area contributed by atoms with Crippen molar-refractivity contribution in [3.05, 3.63) is 70.8 Å². The molecule has 0 aliphatic carbocycles. The van der Waals surface area contributed by atoms with E-state index in [2.05, 4.69) is 0 Å². The molecule has 0 aliphatic heterocycles. The van der Waals surface area contributed by atoms with E-state index in [9.17, 15) is 14.7 Å². The Hall–Kier alpha value is -2.62. The molecule has 0 amide bonds. The van der Waals surface area contributed by atoms with Crippen molar-refractivity contribution in [2.24, 2.45) is 0 Å². The zero-order valence-corrected chi connectivity index (χ0v) is 12.2. The van der Waals surface area contributed by atoms with Gasteiger partial charge in [0.15, 0.2) is 0 Å². The molecule has 0 saturated heterocycles. The molecular formula is C18H18O4. The maximum atomic E-state index is 11.3.